The molecule has 0 amide bonds. The summed E-state index contributed by atoms with van der Waals surface area (Å²) in [6, 6.07) is 0. The molecule has 0 spiro atoms. The first-order valence-electron chi connectivity index (χ1n) is 3.97. The summed E-state index contributed by atoms with van der Waals surface area (Å²) >= 11 is 0. The van der Waals surface area contributed by atoms with Crippen molar-refractivity contribution in [2.24, 2.45) is 0 Å². The number of nitrogens with zero attached hydrogens (tertiary/aromatic N) is 1. The molecular formula is C8H12F3NO2. The number of hydrogen-bond donors (Lipinski definition) is 1. The maximum absolute atomic E-state index is 11.8. The molecule has 0 saturated carbocycles. The van der Waals surface area contributed by atoms with Gasteiger partial charge in [-0.25, -0.2) is 0 Å². The summed E-state index contributed by atoms with van der Waals surface area (Å²) < 4.78 is 35.4. The van der Waals surface area contributed by atoms with E-state index in [1.54, 1.807) is 0 Å². The highest BCUT2D eigenvalue weighted by molar-refractivity contribution is 5.69. The van der Waals surface area contributed by atoms with E-state index in [4.69, 9.17) is 5.11 Å². The molecule has 0 aromatic rings. The Morgan fingerprint density at radius 3 is 2.43 bits per heavy atom. The highest BCUT2D eigenvalue weighted by Crippen LogP contribution is 2.19. The highest BCUT2D eigenvalue weighted by atomic mass is 19.4. The molecule has 0 fully saturated rings. The third-order valence-corrected chi connectivity index (χ3v) is 1.46. The zero-order valence-corrected chi connectivity index (χ0v) is 7.55. The molecular weight excluding hydrogens is 199 g/mol. The molecule has 0 aromatic carbocycles. The van der Waals surface area contributed by atoms with Gasteiger partial charge >= 0.3 is 12.1 Å². The van der Waals surface area contributed by atoms with Crippen LogP contribution in [0.5, 0.6) is 0 Å². The second-order valence-corrected chi connectivity index (χ2v) is 2.78. The first-order chi connectivity index (χ1) is 6.35. The van der Waals surface area contributed by atoms with Crippen molar-refractivity contribution < 1.29 is 23.1 Å². The van der Waals surface area contributed by atoms with Gasteiger partial charge in [-0.2, -0.15) is 13.2 Å². The van der Waals surface area contributed by atoms with E-state index >= 15 is 0 Å². The number of rotatable bonds is 6. The van der Waals surface area contributed by atoms with Crippen LogP contribution in [0.25, 0.3) is 0 Å². The fourth-order valence-corrected chi connectivity index (χ4v) is 0.894. The minimum Gasteiger partial charge on any atom is -0.480 e. The van der Waals surface area contributed by atoms with Crippen LogP contribution in [0.1, 0.15) is 6.42 Å². The Hall–Kier alpha value is -1.04. The molecule has 1 N–H and O–H groups in total. The summed E-state index contributed by atoms with van der Waals surface area (Å²) in [5.41, 5.74) is 0. The maximum Gasteiger partial charge on any atom is 0.390 e. The Morgan fingerprint density at radius 1 is 1.50 bits per heavy atom. The first-order valence-corrected chi connectivity index (χ1v) is 3.97. The van der Waals surface area contributed by atoms with E-state index in [-0.39, 0.29) is 13.1 Å². The van der Waals surface area contributed by atoms with Gasteiger partial charge in [0.1, 0.15) is 0 Å². The molecule has 0 aliphatic carbocycles. The van der Waals surface area contributed by atoms with Gasteiger partial charge in [-0.1, -0.05) is 6.08 Å². The van der Waals surface area contributed by atoms with Gasteiger partial charge in [0.05, 0.1) is 13.0 Å². The molecule has 0 rings (SSSR count). The fourth-order valence-electron chi connectivity index (χ4n) is 0.894. The van der Waals surface area contributed by atoms with Crippen molar-refractivity contribution in [2.75, 3.05) is 19.6 Å². The molecule has 82 valence electrons. The molecule has 0 bridgehead atoms. The second-order valence-electron chi connectivity index (χ2n) is 2.78. The SMILES string of the molecule is C=CCN(CCC(F)(F)F)CC(=O)O. The quantitative estimate of drug-likeness (QED) is 0.677. The van der Waals surface area contributed by atoms with Crippen molar-refractivity contribution in [1.29, 1.82) is 0 Å². The number of alkyl halides is 3. The zero-order chi connectivity index (χ0) is 11.2. The van der Waals surface area contributed by atoms with E-state index in [9.17, 15) is 18.0 Å². The van der Waals surface area contributed by atoms with Crippen LogP contribution in [0.2, 0.25) is 0 Å². The van der Waals surface area contributed by atoms with Gasteiger partial charge in [-0.05, 0) is 0 Å². The Morgan fingerprint density at radius 2 is 2.07 bits per heavy atom. The highest BCUT2D eigenvalue weighted by Gasteiger charge is 2.27. The third-order valence-electron chi connectivity index (χ3n) is 1.46. The minimum atomic E-state index is -4.25. The summed E-state index contributed by atoms with van der Waals surface area (Å²) in [6.45, 7) is 2.76. The van der Waals surface area contributed by atoms with E-state index in [1.807, 2.05) is 0 Å². The lowest BCUT2D eigenvalue weighted by Gasteiger charge is -2.18. The summed E-state index contributed by atoms with van der Waals surface area (Å²) in [6.07, 6.45) is -3.88. The summed E-state index contributed by atoms with van der Waals surface area (Å²) in [4.78, 5) is 11.4. The smallest absolute Gasteiger partial charge is 0.390 e. The Balaban J connectivity index is 3.96. The molecule has 0 atom stereocenters. The summed E-state index contributed by atoms with van der Waals surface area (Å²) in [7, 11) is 0. The summed E-state index contributed by atoms with van der Waals surface area (Å²) in [5.74, 6) is -1.14. The van der Waals surface area contributed by atoms with Gasteiger partial charge in [-0.3, -0.25) is 9.69 Å². The molecule has 0 saturated heterocycles. The molecule has 6 heteroatoms. The van der Waals surface area contributed by atoms with Gasteiger partial charge in [0, 0.05) is 13.1 Å². The van der Waals surface area contributed by atoms with E-state index in [1.165, 1.54) is 11.0 Å². The van der Waals surface area contributed by atoms with Crippen molar-refractivity contribution in [3.63, 3.8) is 0 Å². The number of halogens is 3. The lowest BCUT2D eigenvalue weighted by atomic mass is 10.3. The zero-order valence-electron chi connectivity index (χ0n) is 7.55. The molecule has 0 radical (unpaired) electrons. The van der Waals surface area contributed by atoms with E-state index in [2.05, 4.69) is 6.58 Å². The van der Waals surface area contributed by atoms with Crippen molar-refractivity contribution in [2.45, 2.75) is 12.6 Å². The molecule has 0 heterocycles. The van der Waals surface area contributed by atoms with Crippen LogP contribution < -0.4 is 0 Å². The average molecular weight is 211 g/mol. The van der Waals surface area contributed by atoms with Crippen LogP contribution in [0.3, 0.4) is 0 Å². The van der Waals surface area contributed by atoms with Crippen LogP contribution >= 0.6 is 0 Å². The molecule has 0 aliphatic heterocycles. The van der Waals surface area contributed by atoms with Crippen molar-refractivity contribution in [1.82, 2.24) is 4.90 Å². The van der Waals surface area contributed by atoms with Crippen LogP contribution in [-0.2, 0) is 4.79 Å². The van der Waals surface area contributed by atoms with Gasteiger partial charge in [0.25, 0.3) is 0 Å². The van der Waals surface area contributed by atoms with E-state index in [0.29, 0.717) is 0 Å². The topological polar surface area (TPSA) is 40.5 Å². The van der Waals surface area contributed by atoms with Gasteiger partial charge in [0.2, 0.25) is 0 Å². The van der Waals surface area contributed by atoms with Gasteiger partial charge in [0.15, 0.2) is 0 Å². The monoisotopic (exact) mass is 211 g/mol. The van der Waals surface area contributed by atoms with Crippen molar-refractivity contribution in [3.05, 3.63) is 12.7 Å². The molecule has 0 aliphatic rings. The average Bonchev–Trinajstić information content (AvgIpc) is 1.98. The lowest BCUT2D eigenvalue weighted by molar-refractivity contribution is -0.144. The van der Waals surface area contributed by atoms with Crippen LogP contribution in [0.15, 0.2) is 12.7 Å². The van der Waals surface area contributed by atoms with Crippen LogP contribution in [0.4, 0.5) is 13.2 Å². The summed E-state index contributed by atoms with van der Waals surface area (Å²) in [5, 5.41) is 8.38. The lowest BCUT2D eigenvalue weighted by Crippen LogP contribution is -2.33. The normalized spacial score (nSPS) is 11.7. The molecule has 0 unspecified atom stereocenters. The Labute approximate surface area is 79.8 Å². The fraction of sp³-hybridized carbons (Fsp3) is 0.625. The number of aliphatic carboxylic acids is 1. The predicted molar refractivity (Wildman–Crippen MR) is 44.9 cm³/mol. The number of hydrogen-bond acceptors (Lipinski definition) is 2. The molecule has 3 nitrogen and oxygen atoms in total. The molecule has 0 aromatic heterocycles. The number of carboxylic acids is 1. The van der Waals surface area contributed by atoms with Crippen LogP contribution in [-0.4, -0.2) is 41.8 Å². The standard InChI is InChI=1S/C8H12F3NO2/c1-2-4-12(6-7(13)14)5-3-8(9,10)11/h2H,1,3-6H2,(H,13,14). The predicted octanol–water partition coefficient (Wildman–Crippen LogP) is 1.51. The number of carbonyl (C=O) groups is 1. The maximum atomic E-state index is 11.8. The van der Waals surface area contributed by atoms with Gasteiger partial charge < -0.3 is 5.11 Å². The second kappa shape index (κ2) is 5.64. The van der Waals surface area contributed by atoms with E-state index in [0.717, 1.165) is 0 Å². The van der Waals surface area contributed by atoms with Crippen LogP contribution in [0, 0.1) is 0 Å². The Kier molecular flexibility index (Phi) is 5.22. The minimum absolute atomic E-state index is 0.141. The third kappa shape index (κ3) is 7.60. The largest absolute Gasteiger partial charge is 0.480 e. The first kappa shape index (κ1) is 13.0. The number of carboxylic acid groups (broad SMARTS) is 1. The van der Waals surface area contributed by atoms with Gasteiger partial charge in [-0.15, -0.1) is 6.58 Å². The van der Waals surface area contributed by atoms with Crippen molar-refractivity contribution >= 4 is 5.97 Å². The van der Waals surface area contributed by atoms with E-state index < -0.39 is 25.1 Å². The van der Waals surface area contributed by atoms with Crippen molar-refractivity contribution in [3.8, 4) is 0 Å². The molecule has 14 heavy (non-hydrogen) atoms. The Bertz CT molecular complexity index is 203.